The quantitative estimate of drug-likeness (QED) is 0.297. The number of likely N-dealkylation sites (tertiary alicyclic amines) is 1. The van der Waals surface area contributed by atoms with E-state index < -0.39 is 28.7 Å². The Labute approximate surface area is 269 Å². The average Bonchev–Trinajstić information content (AvgIpc) is 3.61. The van der Waals surface area contributed by atoms with E-state index in [-0.39, 0.29) is 48.0 Å². The molecule has 2 aromatic carbocycles. The maximum Gasteiger partial charge on any atom is 0.251 e. The maximum absolute atomic E-state index is 15.0. The van der Waals surface area contributed by atoms with Crippen molar-refractivity contribution in [2.45, 2.75) is 55.7 Å². The summed E-state index contributed by atoms with van der Waals surface area (Å²) < 4.78 is -0.846. The molecule has 0 aromatic heterocycles. The first-order valence-corrected chi connectivity index (χ1v) is 16.6. The zero-order chi connectivity index (χ0) is 31.8. The van der Waals surface area contributed by atoms with Gasteiger partial charge in [-0.3, -0.25) is 14.4 Å². The number of thioether (sulfide) groups is 1. The van der Waals surface area contributed by atoms with Crippen LogP contribution in [0, 0.1) is 23.7 Å². The third kappa shape index (κ3) is 5.29. The Bertz CT molecular complexity index is 1420. The number of carbonyl (C=O) groups is 3. The van der Waals surface area contributed by atoms with Gasteiger partial charge in [0.25, 0.3) is 5.91 Å². The molecule has 3 aliphatic heterocycles. The van der Waals surface area contributed by atoms with Crippen LogP contribution in [-0.2, 0) is 14.4 Å². The summed E-state index contributed by atoms with van der Waals surface area (Å²) in [6.45, 7) is 14.2. The minimum Gasteiger partial charge on any atom is -0.394 e. The molecule has 1 spiro atoms. The van der Waals surface area contributed by atoms with Gasteiger partial charge in [-0.25, -0.2) is 0 Å². The summed E-state index contributed by atoms with van der Waals surface area (Å²) in [7, 11) is 0. The summed E-state index contributed by atoms with van der Waals surface area (Å²) in [5.41, 5.74) is 1.28. The third-order valence-electron chi connectivity index (χ3n) is 9.42. The second-order valence-electron chi connectivity index (χ2n) is 12.5. The molecule has 3 amide bonds. The molecule has 0 aliphatic carbocycles. The molecule has 3 heterocycles. The smallest absolute Gasteiger partial charge is 0.251 e. The van der Waals surface area contributed by atoms with Gasteiger partial charge in [0.2, 0.25) is 11.8 Å². The first kappa shape index (κ1) is 32.3. The van der Waals surface area contributed by atoms with Crippen molar-refractivity contribution in [1.29, 1.82) is 0 Å². The Morgan fingerprint density at radius 2 is 1.70 bits per heavy atom. The van der Waals surface area contributed by atoms with Crippen molar-refractivity contribution >= 4 is 52.5 Å². The summed E-state index contributed by atoms with van der Waals surface area (Å²) in [5.74, 6) is -1.81. The molecular weight excluding hydrogens is 594 g/mol. The minimum atomic E-state index is -0.889. The van der Waals surface area contributed by atoms with Gasteiger partial charge >= 0.3 is 0 Å². The molecule has 7 nitrogen and oxygen atoms in total. The second kappa shape index (κ2) is 13.1. The molecule has 3 fully saturated rings. The fourth-order valence-electron chi connectivity index (χ4n) is 7.73. The van der Waals surface area contributed by atoms with Crippen LogP contribution >= 0.6 is 23.4 Å². The first-order chi connectivity index (χ1) is 21.1. The fourth-order valence-corrected chi connectivity index (χ4v) is 10.4. The molecule has 5 rings (SSSR count). The number of nitrogens with zero attached hydrogens (tertiary/aromatic N) is 3. The van der Waals surface area contributed by atoms with E-state index in [4.69, 9.17) is 11.6 Å². The zero-order valence-corrected chi connectivity index (χ0v) is 27.2. The summed E-state index contributed by atoms with van der Waals surface area (Å²) in [6, 6.07) is 15.1. The summed E-state index contributed by atoms with van der Waals surface area (Å²) >= 11 is 8.25. The number of anilines is 2. The SMILES string of the molecule is C=CCN(C(=O)[C@@H]1[C@H]2C(=O)N([C@@H](CO)CC(C)C)C(C(=O)N(CC=C)c3ccccc3Cl)C23S[C@@H]1CC3C)c1ccccc1. The Morgan fingerprint density at radius 3 is 2.32 bits per heavy atom. The predicted molar refractivity (Wildman–Crippen MR) is 179 cm³/mol. The highest BCUT2D eigenvalue weighted by Gasteiger charge is 2.77. The highest BCUT2D eigenvalue weighted by molar-refractivity contribution is 8.02. The van der Waals surface area contributed by atoms with Gasteiger partial charge in [0.15, 0.2) is 0 Å². The van der Waals surface area contributed by atoms with Gasteiger partial charge in [0.1, 0.15) is 6.04 Å². The maximum atomic E-state index is 15.0. The number of benzene rings is 2. The number of fused-ring (bicyclic) bond motifs is 1. The number of hydrogen-bond acceptors (Lipinski definition) is 5. The molecule has 3 saturated heterocycles. The van der Waals surface area contributed by atoms with E-state index in [9.17, 15) is 19.5 Å². The zero-order valence-electron chi connectivity index (χ0n) is 25.6. The molecule has 9 heteroatoms. The van der Waals surface area contributed by atoms with Gasteiger partial charge in [-0.1, -0.05) is 74.9 Å². The molecule has 3 aliphatic rings. The lowest BCUT2D eigenvalue weighted by molar-refractivity contribution is -0.142. The molecule has 0 saturated carbocycles. The van der Waals surface area contributed by atoms with Crippen molar-refractivity contribution in [2.75, 3.05) is 29.5 Å². The number of para-hydroxylation sites is 2. The molecule has 1 N–H and O–H groups in total. The lowest BCUT2D eigenvalue weighted by atomic mass is 9.65. The highest BCUT2D eigenvalue weighted by Crippen LogP contribution is 2.69. The summed E-state index contributed by atoms with van der Waals surface area (Å²) in [6.07, 6.45) is 4.58. The Kier molecular flexibility index (Phi) is 9.64. The number of hydrogen-bond donors (Lipinski definition) is 1. The lowest BCUT2D eigenvalue weighted by Crippen LogP contribution is -2.59. The number of carbonyl (C=O) groups excluding carboxylic acids is 3. The Hall–Kier alpha value is -3.07. The van der Waals surface area contributed by atoms with Crippen molar-refractivity contribution in [3.05, 3.63) is 84.9 Å². The van der Waals surface area contributed by atoms with Crippen molar-refractivity contribution in [2.24, 2.45) is 23.7 Å². The Morgan fingerprint density at radius 1 is 1.07 bits per heavy atom. The predicted octanol–water partition coefficient (Wildman–Crippen LogP) is 5.82. The number of aliphatic hydroxyl groups is 1. The van der Waals surface area contributed by atoms with Crippen LogP contribution in [0.4, 0.5) is 11.4 Å². The van der Waals surface area contributed by atoms with E-state index in [1.807, 2.05) is 50.2 Å². The number of amides is 3. The van der Waals surface area contributed by atoms with Gasteiger partial charge in [-0.2, -0.15) is 0 Å². The van der Waals surface area contributed by atoms with Gasteiger partial charge < -0.3 is 19.8 Å². The lowest BCUT2D eigenvalue weighted by Gasteiger charge is -2.42. The van der Waals surface area contributed by atoms with Crippen molar-refractivity contribution in [1.82, 2.24) is 4.90 Å². The Balaban J connectivity index is 1.65. The molecule has 2 bridgehead atoms. The second-order valence-corrected chi connectivity index (χ2v) is 14.5. The third-order valence-corrected chi connectivity index (χ3v) is 11.8. The van der Waals surface area contributed by atoms with E-state index in [2.05, 4.69) is 20.1 Å². The molecule has 2 aromatic rings. The van der Waals surface area contributed by atoms with E-state index in [1.54, 1.807) is 56.8 Å². The van der Waals surface area contributed by atoms with Crippen molar-refractivity contribution in [3.8, 4) is 0 Å². The van der Waals surface area contributed by atoms with E-state index in [1.165, 1.54) is 0 Å². The molecule has 234 valence electrons. The number of halogens is 1. The van der Waals surface area contributed by atoms with Gasteiger partial charge in [0.05, 0.1) is 39.9 Å². The molecule has 3 unspecified atom stereocenters. The summed E-state index contributed by atoms with van der Waals surface area (Å²) in [5, 5.41) is 11.0. The number of aliphatic hydroxyl groups excluding tert-OH is 1. The van der Waals surface area contributed by atoms with Crippen LogP contribution in [0.5, 0.6) is 0 Å². The minimum absolute atomic E-state index is 0.0192. The average molecular weight is 636 g/mol. The molecule has 0 radical (unpaired) electrons. The van der Waals surface area contributed by atoms with Crippen LogP contribution in [0.2, 0.25) is 5.02 Å². The van der Waals surface area contributed by atoms with Crippen molar-refractivity contribution in [3.63, 3.8) is 0 Å². The van der Waals surface area contributed by atoms with Crippen LogP contribution in [0.25, 0.3) is 0 Å². The van der Waals surface area contributed by atoms with Gasteiger partial charge in [-0.15, -0.1) is 24.9 Å². The van der Waals surface area contributed by atoms with E-state index in [0.717, 1.165) is 5.69 Å². The topological polar surface area (TPSA) is 81.2 Å². The van der Waals surface area contributed by atoms with Gasteiger partial charge in [0, 0.05) is 24.0 Å². The van der Waals surface area contributed by atoms with Gasteiger partial charge in [-0.05, 0) is 48.9 Å². The van der Waals surface area contributed by atoms with Crippen LogP contribution in [0.15, 0.2) is 79.9 Å². The van der Waals surface area contributed by atoms with Crippen LogP contribution in [0.1, 0.15) is 33.6 Å². The fraction of sp³-hybridized carbons (Fsp3) is 0.457. The van der Waals surface area contributed by atoms with E-state index in [0.29, 0.717) is 30.1 Å². The monoisotopic (exact) mass is 635 g/mol. The van der Waals surface area contributed by atoms with Crippen molar-refractivity contribution < 1.29 is 19.5 Å². The van der Waals surface area contributed by atoms with Crippen LogP contribution in [-0.4, -0.2) is 69.5 Å². The normalized spacial score (nSPS) is 27.7. The van der Waals surface area contributed by atoms with Crippen LogP contribution in [0.3, 0.4) is 0 Å². The first-order valence-electron chi connectivity index (χ1n) is 15.4. The molecule has 44 heavy (non-hydrogen) atoms. The molecule has 7 atom stereocenters. The van der Waals surface area contributed by atoms with Crippen LogP contribution < -0.4 is 9.80 Å². The number of rotatable bonds is 12. The highest BCUT2D eigenvalue weighted by atomic mass is 35.5. The largest absolute Gasteiger partial charge is 0.394 e. The standard InChI is InChI=1S/C35H42ClN3O4S/c1-6-17-37(24-13-9-8-10-14-24)32(41)29-28-20-23(5)35(44-28)30(29)33(42)39(25(21-40)19-22(3)4)31(35)34(43)38(18-7-2)27-16-12-11-15-26(27)36/h6-16,22-23,25,28-31,40H,1-2,17-21H2,3-5H3/t23?,25-,28-,29+,30+,31?,35?/m1/s1. The van der Waals surface area contributed by atoms with E-state index >= 15 is 0 Å². The molecular formula is C35H42ClN3O4S. The summed E-state index contributed by atoms with van der Waals surface area (Å²) in [4.78, 5) is 49.3.